The van der Waals surface area contributed by atoms with Gasteiger partial charge in [0.1, 0.15) is 5.75 Å². The predicted molar refractivity (Wildman–Crippen MR) is 69.2 cm³/mol. The highest BCUT2D eigenvalue weighted by molar-refractivity contribution is 5.77. The lowest BCUT2D eigenvalue weighted by Crippen LogP contribution is -2.37. The van der Waals surface area contributed by atoms with E-state index in [9.17, 15) is 4.79 Å². The number of hydrogen-bond donors (Lipinski definition) is 1. The van der Waals surface area contributed by atoms with E-state index < -0.39 is 0 Å². The molecule has 0 aliphatic rings. The molecule has 0 saturated heterocycles. The van der Waals surface area contributed by atoms with Crippen molar-refractivity contribution in [1.29, 1.82) is 5.26 Å². The first-order valence-corrected chi connectivity index (χ1v) is 6.11. The molecule has 1 N–H and O–H groups in total. The zero-order valence-electron chi connectivity index (χ0n) is 10.8. The number of benzene rings is 1. The topological polar surface area (TPSA) is 62.1 Å². The lowest BCUT2D eigenvalue weighted by Gasteiger charge is -2.14. The summed E-state index contributed by atoms with van der Waals surface area (Å²) in [5.74, 6) is 0.474. The van der Waals surface area contributed by atoms with E-state index in [1.807, 2.05) is 19.9 Å². The van der Waals surface area contributed by atoms with E-state index in [0.29, 0.717) is 11.3 Å². The lowest BCUT2D eigenvalue weighted by atomic mass is 10.2. The second-order valence-electron chi connectivity index (χ2n) is 4.01. The van der Waals surface area contributed by atoms with E-state index in [1.165, 1.54) is 0 Å². The van der Waals surface area contributed by atoms with Crippen molar-refractivity contribution in [2.75, 3.05) is 6.61 Å². The Morgan fingerprint density at radius 3 is 2.44 bits per heavy atom. The molecular weight excluding hydrogens is 228 g/mol. The number of amides is 1. The first kappa shape index (κ1) is 14.0. The van der Waals surface area contributed by atoms with Gasteiger partial charge >= 0.3 is 0 Å². The van der Waals surface area contributed by atoms with Crippen molar-refractivity contribution in [1.82, 2.24) is 5.32 Å². The zero-order valence-corrected chi connectivity index (χ0v) is 10.8. The number of carbonyl (C=O) groups is 1. The third kappa shape index (κ3) is 4.46. The fraction of sp³-hybridized carbons (Fsp3) is 0.429. The monoisotopic (exact) mass is 246 g/mol. The minimum absolute atomic E-state index is 0.00238. The highest BCUT2D eigenvalue weighted by atomic mass is 16.5. The number of nitrogens with zero attached hydrogens (tertiary/aromatic N) is 1. The molecule has 0 bridgehead atoms. The fourth-order valence-corrected chi connectivity index (χ4v) is 1.54. The molecule has 0 heterocycles. The van der Waals surface area contributed by atoms with Gasteiger partial charge in [-0.05, 0) is 37.1 Å². The SMILES string of the molecule is CCC(CC)NC(=O)COc1ccc(C#N)cc1. The number of ether oxygens (including phenoxy) is 1. The predicted octanol–water partition coefficient (Wildman–Crippen LogP) is 2.24. The molecule has 1 aromatic rings. The van der Waals surface area contributed by atoms with Crippen LogP contribution in [0.5, 0.6) is 5.75 Å². The van der Waals surface area contributed by atoms with Gasteiger partial charge in [-0.15, -0.1) is 0 Å². The summed E-state index contributed by atoms with van der Waals surface area (Å²) >= 11 is 0. The number of rotatable bonds is 6. The van der Waals surface area contributed by atoms with Crippen LogP contribution >= 0.6 is 0 Å². The molecule has 1 rings (SSSR count). The highest BCUT2D eigenvalue weighted by Crippen LogP contribution is 2.11. The third-order valence-electron chi connectivity index (χ3n) is 2.70. The minimum Gasteiger partial charge on any atom is -0.484 e. The summed E-state index contributed by atoms with van der Waals surface area (Å²) in [7, 11) is 0. The summed E-state index contributed by atoms with van der Waals surface area (Å²) in [6, 6.07) is 8.92. The Balaban J connectivity index is 2.40. The first-order valence-electron chi connectivity index (χ1n) is 6.11. The molecule has 0 fully saturated rings. The van der Waals surface area contributed by atoms with Crippen LogP contribution in [0.25, 0.3) is 0 Å². The fourth-order valence-electron chi connectivity index (χ4n) is 1.54. The maximum atomic E-state index is 11.6. The summed E-state index contributed by atoms with van der Waals surface area (Å²) in [6.45, 7) is 4.08. The van der Waals surface area contributed by atoms with Gasteiger partial charge in [0, 0.05) is 6.04 Å². The second-order valence-corrected chi connectivity index (χ2v) is 4.01. The van der Waals surface area contributed by atoms with Crippen LogP contribution in [0.2, 0.25) is 0 Å². The summed E-state index contributed by atoms with van der Waals surface area (Å²) in [5, 5.41) is 11.5. The third-order valence-corrected chi connectivity index (χ3v) is 2.70. The minimum atomic E-state index is -0.118. The van der Waals surface area contributed by atoms with Crippen molar-refractivity contribution in [2.45, 2.75) is 32.7 Å². The molecule has 4 heteroatoms. The molecule has 0 aromatic heterocycles. The largest absolute Gasteiger partial charge is 0.484 e. The molecule has 0 aliphatic carbocycles. The number of carbonyl (C=O) groups excluding carboxylic acids is 1. The Hall–Kier alpha value is -2.02. The number of nitrogens with one attached hydrogen (secondary N) is 1. The summed E-state index contributed by atoms with van der Waals surface area (Å²) < 4.78 is 5.34. The maximum Gasteiger partial charge on any atom is 0.258 e. The van der Waals surface area contributed by atoms with Gasteiger partial charge in [-0.1, -0.05) is 13.8 Å². The molecule has 0 aliphatic heterocycles. The van der Waals surface area contributed by atoms with Crippen molar-refractivity contribution >= 4 is 5.91 Å². The van der Waals surface area contributed by atoms with Gasteiger partial charge < -0.3 is 10.1 Å². The summed E-state index contributed by atoms with van der Waals surface area (Å²) in [4.78, 5) is 11.6. The Morgan fingerprint density at radius 2 is 1.94 bits per heavy atom. The Morgan fingerprint density at radius 1 is 1.33 bits per heavy atom. The molecule has 0 atom stereocenters. The zero-order chi connectivity index (χ0) is 13.4. The van der Waals surface area contributed by atoms with Crippen molar-refractivity contribution in [3.8, 4) is 11.8 Å². The summed E-state index contributed by atoms with van der Waals surface area (Å²) in [5.41, 5.74) is 0.573. The Labute approximate surface area is 108 Å². The van der Waals surface area contributed by atoms with Crippen LogP contribution in [-0.4, -0.2) is 18.6 Å². The maximum absolute atomic E-state index is 11.6. The van der Waals surface area contributed by atoms with E-state index in [1.54, 1.807) is 24.3 Å². The van der Waals surface area contributed by atoms with E-state index in [2.05, 4.69) is 5.32 Å². The summed E-state index contributed by atoms with van der Waals surface area (Å²) in [6.07, 6.45) is 1.83. The molecule has 0 unspecified atom stereocenters. The number of hydrogen-bond acceptors (Lipinski definition) is 3. The molecule has 1 amide bonds. The molecule has 96 valence electrons. The van der Waals surface area contributed by atoms with Crippen LogP contribution in [0.15, 0.2) is 24.3 Å². The van der Waals surface area contributed by atoms with Gasteiger partial charge in [0.2, 0.25) is 0 Å². The van der Waals surface area contributed by atoms with E-state index >= 15 is 0 Å². The van der Waals surface area contributed by atoms with Crippen molar-refractivity contribution < 1.29 is 9.53 Å². The molecular formula is C14H18N2O2. The van der Waals surface area contributed by atoms with Gasteiger partial charge in [0.05, 0.1) is 11.6 Å². The quantitative estimate of drug-likeness (QED) is 0.837. The molecule has 1 aromatic carbocycles. The smallest absolute Gasteiger partial charge is 0.258 e. The number of nitriles is 1. The normalized spacial score (nSPS) is 9.89. The average molecular weight is 246 g/mol. The van der Waals surface area contributed by atoms with Crippen LogP contribution in [0.1, 0.15) is 32.3 Å². The molecule has 0 spiro atoms. The Kier molecular flexibility index (Phi) is 5.72. The van der Waals surface area contributed by atoms with E-state index in [0.717, 1.165) is 12.8 Å². The molecule has 4 nitrogen and oxygen atoms in total. The van der Waals surface area contributed by atoms with Gasteiger partial charge in [-0.25, -0.2) is 0 Å². The average Bonchev–Trinajstić information content (AvgIpc) is 2.43. The van der Waals surface area contributed by atoms with E-state index in [-0.39, 0.29) is 18.6 Å². The van der Waals surface area contributed by atoms with E-state index in [4.69, 9.17) is 10.00 Å². The standard InChI is InChI=1S/C14H18N2O2/c1-3-12(4-2)16-14(17)10-18-13-7-5-11(9-15)6-8-13/h5-8,12H,3-4,10H2,1-2H3,(H,16,17). The van der Waals surface area contributed by atoms with Gasteiger partial charge in [0.15, 0.2) is 6.61 Å². The van der Waals surface area contributed by atoms with Crippen LogP contribution in [0.3, 0.4) is 0 Å². The van der Waals surface area contributed by atoms with Crippen molar-refractivity contribution in [3.05, 3.63) is 29.8 Å². The molecule has 18 heavy (non-hydrogen) atoms. The lowest BCUT2D eigenvalue weighted by molar-refractivity contribution is -0.123. The Bertz CT molecular complexity index is 416. The first-order chi connectivity index (χ1) is 8.69. The van der Waals surface area contributed by atoms with Crippen LogP contribution in [0.4, 0.5) is 0 Å². The molecule has 0 saturated carbocycles. The highest BCUT2D eigenvalue weighted by Gasteiger charge is 2.08. The second kappa shape index (κ2) is 7.33. The van der Waals surface area contributed by atoms with Crippen molar-refractivity contribution in [3.63, 3.8) is 0 Å². The van der Waals surface area contributed by atoms with Gasteiger partial charge in [-0.2, -0.15) is 5.26 Å². The van der Waals surface area contributed by atoms with Crippen LogP contribution in [-0.2, 0) is 4.79 Å². The van der Waals surface area contributed by atoms with Crippen LogP contribution < -0.4 is 10.1 Å². The van der Waals surface area contributed by atoms with Crippen LogP contribution in [0, 0.1) is 11.3 Å². The van der Waals surface area contributed by atoms with Gasteiger partial charge in [0.25, 0.3) is 5.91 Å². The van der Waals surface area contributed by atoms with Gasteiger partial charge in [-0.3, -0.25) is 4.79 Å². The van der Waals surface area contributed by atoms with Crippen molar-refractivity contribution in [2.24, 2.45) is 0 Å². The molecule has 0 radical (unpaired) electrons.